The van der Waals surface area contributed by atoms with E-state index >= 15 is 0 Å². The first-order valence-corrected chi connectivity index (χ1v) is 8.14. The lowest BCUT2D eigenvalue weighted by Gasteiger charge is -2.10. The van der Waals surface area contributed by atoms with Crippen molar-refractivity contribution in [2.45, 2.75) is 31.4 Å². The Bertz CT molecular complexity index is 723. The van der Waals surface area contributed by atoms with Crippen molar-refractivity contribution in [3.8, 4) is 0 Å². The highest BCUT2D eigenvalue weighted by Crippen LogP contribution is 2.17. The molecule has 1 heterocycles. The molecule has 0 unspecified atom stereocenters. The van der Waals surface area contributed by atoms with Gasteiger partial charge in [-0.2, -0.15) is 5.10 Å². The second-order valence-electron chi connectivity index (χ2n) is 4.79. The summed E-state index contributed by atoms with van der Waals surface area (Å²) in [4.78, 5) is 0.160. The van der Waals surface area contributed by atoms with Gasteiger partial charge in [0.25, 0.3) is 0 Å². The van der Waals surface area contributed by atoms with Crippen molar-refractivity contribution < 1.29 is 13.5 Å². The Kier molecular flexibility index (Phi) is 4.76. The molecule has 0 saturated heterocycles. The summed E-state index contributed by atoms with van der Waals surface area (Å²) in [6.45, 7) is 1.97. The highest BCUT2D eigenvalue weighted by molar-refractivity contribution is 7.89. The van der Waals surface area contributed by atoms with Gasteiger partial charge in [-0.3, -0.25) is 4.68 Å². The predicted molar refractivity (Wildman–Crippen MR) is 79.0 cm³/mol. The van der Waals surface area contributed by atoms with Crippen LogP contribution in [0.25, 0.3) is 0 Å². The predicted octanol–water partition coefficient (Wildman–Crippen LogP) is 0.953. The van der Waals surface area contributed by atoms with Crippen LogP contribution in [0.4, 0.5) is 0 Å². The van der Waals surface area contributed by atoms with Crippen molar-refractivity contribution in [1.82, 2.24) is 14.5 Å². The molecule has 0 spiro atoms. The van der Waals surface area contributed by atoms with Gasteiger partial charge in [0, 0.05) is 25.4 Å². The molecule has 0 aliphatic carbocycles. The zero-order chi connectivity index (χ0) is 15.5. The molecule has 1 aromatic carbocycles. The van der Waals surface area contributed by atoms with Crippen LogP contribution < -0.4 is 4.72 Å². The summed E-state index contributed by atoms with van der Waals surface area (Å²) in [7, 11) is -1.83. The number of rotatable bonds is 6. The molecule has 0 fully saturated rings. The smallest absolute Gasteiger partial charge is 0.240 e. The van der Waals surface area contributed by atoms with E-state index in [1.165, 1.54) is 6.07 Å². The van der Waals surface area contributed by atoms with Gasteiger partial charge in [-0.15, -0.1) is 0 Å². The second-order valence-corrected chi connectivity index (χ2v) is 6.56. The fraction of sp³-hybridized carbons (Fsp3) is 0.357. The van der Waals surface area contributed by atoms with Gasteiger partial charge in [0.2, 0.25) is 10.0 Å². The minimum Gasteiger partial charge on any atom is -0.392 e. The summed E-state index contributed by atoms with van der Waals surface area (Å²) in [5.74, 6) is 0. The van der Waals surface area contributed by atoms with E-state index in [-0.39, 0.29) is 18.0 Å². The standard InChI is InChI=1S/C14H19N3O3S/c1-3-12-4-5-14(6-13(12)10-18)21(19,20)16-8-11-7-15-17(2)9-11/h4-7,9,16,18H,3,8,10H2,1-2H3. The van der Waals surface area contributed by atoms with E-state index in [4.69, 9.17) is 0 Å². The van der Waals surface area contributed by atoms with E-state index < -0.39 is 10.0 Å². The second kappa shape index (κ2) is 6.38. The molecule has 0 radical (unpaired) electrons. The van der Waals surface area contributed by atoms with Gasteiger partial charge < -0.3 is 5.11 Å². The number of nitrogens with one attached hydrogen (secondary N) is 1. The quantitative estimate of drug-likeness (QED) is 0.832. The van der Waals surface area contributed by atoms with Gasteiger partial charge in [0.15, 0.2) is 0 Å². The summed E-state index contributed by atoms with van der Waals surface area (Å²) < 4.78 is 28.7. The van der Waals surface area contributed by atoms with Crippen molar-refractivity contribution in [1.29, 1.82) is 0 Å². The maximum Gasteiger partial charge on any atom is 0.240 e. The molecule has 1 aromatic heterocycles. The lowest BCUT2D eigenvalue weighted by molar-refractivity contribution is 0.280. The van der Waals surface area contributed by atoms with Crippen LogP contribution in [-0.4, -0.2) is 23.3 Å². The van der Waals surface area contributed by atoms with Crippen molar-refractivity contribution in [3.63, 3.8) is 0 Å². The molecule has 0 bridgehead atoms. The van der Waals surface area contributed by atoms with Crippen LogP contribution in [-0.2, 0) is 36.6 Å². The number of aliphatic hydroxyl groups excluding tert-OH is 1. The van der Waals surface area contributed by atoms with Crippen molar-refractivity contribution >= 4 is 10.0 Å². The van der Waals surface area contributed by atoms with Crippen LogP contribution in [0.3, 0.4) is 0 Å². The maximum atomic E-state index is 12.3. The van der Waals surface area contributed by atoms with Crippen LogP contribution in [0.1, 0.15) is 23.6 Å². The topological polar surface area (TPSA) is 84.2 Å². The third-order valence-electron chi connectivity index (χ3n) is 3.26. The molecule has 2 rings (SSSR count). The van der Waals surface area contributed by atoms with E-state index in [2.05, 4.69) is 9.82 Å². The fourth-order valence-corrected chi connectivity index (χ4v) is 3.15. The van der Waals surface area contributed by atoms with Crippen LogP contribution in [0.5, 0.6) is 0 Å². The number of aryl methyl sites for hydroxylation is 2. The molecule has 0 aliphatic rings. The summed E-state index contributed by atoms with van der Waals surface area (Å²) in [6.07, 6.45) is 4.11. The molecule has 2 aromatic rings. The highest BCUT2D eigenvalue weighted by atomic mass is 32.2. The minimum atomic E-state index is -3.60. The van der Waals surface area contributed by atoms with Crippen LogP contribution in [0.2, 0.25) is 0 Å². The van der Waals surface area contributed by atoms with Crippen molar-refractivity contribution in [3.05, 3.63) is 47.3 Å². The summed E-state index contributed by atoms with van der Waals surface area (Å²) >= 11 is 0. The van der Waals surface area contributed by atoms with E-state index in [0.717, 1.165) is 17.5 Å². The molecule has 21 heavy (non-hydrogen) atoms. The molecular weight excluding hydrogens is 290 g/mol. The normalized spacial score (nSPS) is 11.8. The van der Waals surface area contributed by atoms with Crippen LogP contribution >= 0.6 is 0 Å². The zero-order valence-corrected chi connectivity index (χ0v) is 12.9. The van der Waals surface area contributed by atoms with E-state index in [1.807, 2.05) is 6.92 Å². The van der Waals surface area contributed by atoms with Crippen LogP contribution in [0.15, 0.2) is 35.5 Å². The molecule has 0 saturated carbocycles. The van der Waals surface area contributed by atoms with Crippen LogP contribution in [0, 0.1) is 0 Å². The van der Waals surface area contributed by atoms with Gasteiger partial charge in [0.1, 0.15) is 0 Å². The molecule has 2 N–H and O–H groups in total. The molecule has 7 heteroatoms. The van der Waals surface area contributed by atoms with Crippen molar-refractivity contribution in [2.75, 3.05) is 0 Å². The Morgan fingerprint density at radius 2 is 2.10 bits per heavy atom. The Morgan fingerprint density at radius 1 is 1.33 bits per heavy atom. The lowest BCUT2D eigenvalue weighted by atomic mass is 10.1. The number of sulfonamides is 1. The molecule has 0 aliphatic heterocycles. The number of hydrogen-bond acceptors (Lipinski definition) is 4. The van der Waals surface area contributed by atoms with E-state index in [0.29, 0.717) is 5.56 Å². The highest BCUT2D eigenvalue weighted by Gasteiger charge is 2.15. The average Bonchev–Trinajstić information content (AvgIpc) is 2.90. The number of nitrogens with zero attached hydrogens (tertiary/aromatic N) is 2. The monoisotopic (exact) mass is 309 g/mol. The van der Waals surface area contributed by atoms with Crippen molar-refractivity contribution in [2.24, 2.45) is 7.05 Å². The van der Waals surface area contributed by atoms with Gasteiger partial charge in [-0.05, 0) is 29.7 Å². The summed E-state index contributed by atoms with van der Waals surface area (Å²) in [5, 5.41) is 13.3. The maximum absolute atomic E-state index is 12.3. The first kappa shape index (κ1) is 15.7. The minimum absolute atomic E-state index is 0.160. The van der Waals surface area contributed by atoms with E-state index in [9.17, 15) is 13.5 Å². The fourth-order valence-electron chi connectivity index (χ4n) is 2.09. The lowest BCUT2D eigenvalue weighted by Crippen LogP contribution is -2.23. The number of aliphatic hydroxyl groups is 1. The SMILES string of the molecule is CCc1ccc(S(=O)(=O)NCc2cnn(C)c2)cc1CO. The molecular formula is C14H19N3O3S. The molecule has 6 nitrogen and oxygen atoms in total. The number of aromatic nitrogens is 2. The Hall–Kier alpha value is -1.70. The molecule has 0 amide bonds. The van der Waals surface area contributed by atoms with E-state index in [1.54, 1.807) is 36.3 Å². The molecule has 114 valence electrons. The summed E-state index contributed by atoms with van der Waals surface area (Å²) in [6, 6.07) is 4.82. The van der Waals surface area contributed by atoms with Gasteiger partial charge in [0.05, 0.1) is 17.7 Å². The van der Waals surface area contributed by atoms with Gasteiger partial charge >= 0.3 is 0 Å². The number of hydrogen-bond donors (Lipinski definition) is 2. The first-order chi connectivity index (χ1) is 9.96. The average molecular weight is 309 g/mol. The first-order valence-electron chi connectivity index (χ1n) is 6.66. The van der Waals surface area contributed by atoms with Gasteiger partial charge in [-0.1, -0.05) is 13.0 Å². The summed E-state index contributed by atoms with van der Waals surface area (Å²) in [5.41, 5.74) is 2.37. The Morgan fingerprint density at radius 3 is 2.67 bits per heavy atom. The van der Waals surface area contributed by atoms with Gasteiger partial charge in [-0.25, -0.2) is 13.1 Å². The zero-order valence-electron chi connectivity index (χ0n) is 12.1. The Labute approximate surface area is 124 Å². The third-order valence-corrected chi connectivity index (χ3v) is 4.66. The third kappa shape index (κ3) is 3.69. The Balaban J connectivity index is 2.19. The molecule has 0 atom stereocenters. The number of benzene rings is 1. The largest absolute Gasteiger partial charge is 0.392 e.